The zero-order valence-electron chi connectivity index (χ0n) is 15.1. The quantitative estimate of drug-likeness (QED) is 0.808. The molecule has 1 aliphatic heterocycles. The van der Waals surface area contributed by atoms with Gasteiger partial charge in [-0.15, -0.1) is 0 Å². The molecule has 1 aromatic rings. The number of rotatable bonds is 2. The summed E-state index contributed by atoms with van der Waals surface area (Å²) in [4.78, 5) is 26.2. The number of hydrogen-bond donors (Lipinski definition) is 0. The van der Waals surface area contributed by atoms with E-state index in [2.05, 4.69) is 0 Å². The molecule has 0 spiro atoms. The van der Waals surface area contributed by atoms with Gasteiger partial charge in [-0.3, -0.25) is 9.69 Å². The van der Waals surface area contributed by atoms with Crippen LogP contribution < -0.4 is 4.74 Å². The standard InChI is InChI=1S/C18H23F2NO4/c1-10-8-12(22)16(21(9-10)17(23)25-18(2,3)4)11-6-7-13(24-5)15(20)14(11)19/h6-7,10,16H,8-9H2,1-5H3/t10-,16-/m0/s1. The van der Waals surface area contributed by atoms with Gasteiger partial charge in [-0.25, -0.2) is 9.18 Å². The van der Waals surface area contributed by atoms with E-state index < -0.39 is 29.4 Å². The predicted octanol–water partition coefficient (Wildman–Crippen LogP) is 3.86. The smallest absolute Gasteiger partial charge is 0.411 e. The number of ketones is 1. The highest BCUT2D eigenvalue weighted by molar-refractivity contribution is 5.90. The van der Waals surface area contributed by atoms with Crippen LogP contribution in [0.15, 0.2) is 12.1 Å². The third-order valence-electron chi connectivity index (χ3n) is 3.89. The van der Waals surface area contributed by atoms with E-state index >= 15 is 0 Å². The van der Waals surface area contributed by atoms with Gasteiger partial charge in [-0.05, 0) is 38.8 Å². The maximum Gasteiger partial charge on any atom is 0.411 e. The van der Waals surface area contributed by atoms with Crippen LogP contribution >= 0.6 is 0 Å². The number of nitrogens with zero attached hydrogens (tertiary/aromatic N) is 1. The maximum atomic E-state index is 14.5. The molecule has 0 N–H and O–H groups in total. The van der Waals surface area contributed by atoms with Gasteiger partial charge in [-0.1, -0.05) is 6.92 Å². The average molecular weight is 355 g/mol. The largest absolute Gasteiger partial charge is 0.494 e. The van der Waals surface area contributed by atoms with Crippen molar-refractivity contribution >= 4 is 11.9 Å². The van der Waals surface area contributed by atoms with Crippen molar-refractivity contribution in [3.05, 3.63) is 29.3 Å². The van der Waals surface area contributed by atoms with E-state index in [1.807, 2.05) is 6.92 Å². The predicted molar refractivity (Wildman–Crippen MR) is 87.4 cm³/mol. The first-order chi connectivity index (χ1) is 11.5. The molecule has 25 heavy (non-hydrogen) atoms. The van der Waals surface area contributed by atoms with Crippen LogP contribution in [-0.4, -0.2) is 36.0 Å². The van der Waals surface area contributed by atoms with E-state index in [0.29, 0.717) is 0 Å². The van der Waals surface area contributed by atoms with Crippen molar-refractivity contribution in [1.82, 2.24) is 4.90 Å². The van der Waals surface area contributed by atoms with Crippen LogP contribution in [0.25, 0.3) is 0 Å². The zero-order chi connectivity index (χ0) is 18.9. The Labute approximate surface area is 145 Å². The van der Waals surface area contributed by atoms with E-state index in [0.717, 1.165) is 0 Å². The van der Waals surface area contributed by atoms with Crippen molar-refractivity contribution in [2.45, 2.75) is 45.8 Å². The maximum absolute atomic E-state index is 14.5. The van der Waals surface area contributed by atoms with Gasteiger partial charge in [0.15, 0.2) is 17.3 Å². The van der Waals surface area contributed by atoms with Gasteiger partial charge in [0.05, 0.1) is 7.11 Å². The molecule has 0 unspecified atom stereocenters. The van der Waals surface area contributed by atoms with E-state index in [1.165, 1.54) is 24.1 Å². The summed E-state index contributed by atoms with van der Waals surface area (Å²) in [5.74, 6) is -3.09. The molecule has 5 nitrogen and oxygen atoms in total. The van der Waals surface area contributed by atoms with Crippen molar-refractivity contribution in [2.75, 3.05) is 13.7 Å². The topological polar surface area (TPSA) is 55.8 Å². The highest BCUT2D eigenvalue weighted by atomic mass is 19.2. The molecule has 1 saturated heterocycles. The lowest BCUT2D eigenvalue weighted by Crippen LogP contribution is -2.48. The van der Waals surface area contributed by atoms with Crippen LogP contribution in [0.1, 0.15) is 45.7 Å². The summed E-state index contributed by atoms with van der Waals surface area (Å²) in [6.45, 7) is 7.13. The Kier molecular flexibility index (Phi) is 5.34. The minimum atomic E-state index is -1.22. The fourth-order valence-corrected chi connectivity index (χ4v) is 2.89. The summed E-state index contributed by atoms with van der Waals surface area (Å²) in [7, 11) is 1.22. The summed E-state index contributed by atoms with van der Waals surface area (Å²) in [6.07, 6.45) is -0.551. The number of ether oxygens (including phenoxy) is 2. The van der Waals surface area contributed by atoms with Crippen LogP contribution in [0.5, 0.6) is 5.75 Å². The lowest BCUT2D eigenvalue weighted by Gasteiger charge is -2.38. The van der Waals surface area contributed by atoms with Crippen molar-refractivity contribution in [1.29, 1.82) is 0 Å². The molecule has 2 atom stereocenters. The molecule has 0 aromatic heterocycles. The van der Waals surface area contributed by atoms with Crippen LogP contribution in [0.4, 0.5) is 13.6 Å². The number of halogens is 2. The lowest BCUT2D eigenvalue weighted by molar-refractivity contribution is -0.129. The number of likely N-dealkylation sites (tertiary alicyclic amines) is 1. The Morgan fingerprint density at radius 1 is 1.24 bits per heavy atom. The fraction of sp³-hybridized carbons (Fsp3) is 0.556. The molecule has 1 aromatic carbocycles. The van der Waals surface area contributed by atoms with E-state index in [1.54, 1.807) is 20.8 Å². The minimum absolute atomic E-state index is 0.0950. The molecular formula is C18H23F2NO4. The van der Waals surface area contributed by atoms with Crippen molar-refractivity contribution in [3.63, 3.8) is 0 Å². The van der Waals surface area contributed by atoms with Gasteiger partial charge in [0.1, 0.15) is 11.6 Å². The first kappa shape index (κ1) is 19.1. The highest BCUT2D eigenvalue weighted by Gasteiger charge is 2.41. The van der Waals surface area contributed by atoms with Gasteiger partial charge < -0.3 is 9.47 Å². The van der Waals surface area contributed by atoms with Gasteiger partial charge in [0, 0.05) is 18.5 Å². The number of benzene rings is 1. The Bertz CT molecular complexity index is 684. The Balaban J connectivity index is 2.46. The third-order valence-corrected chi connectivity index (χ3v) is 3.89. The molecule has 1 amide bonds. The number of amides is 1. The van der Waals surface area contributed by atoms with Crippen molar-refractivity contribution in [2.24, 2.45) is 5.92 Å². The van der Waals surface area contributed by atoms with Crippen LogP contribution in [0.2, 0.25) is 0 Å². The zero-order valence-corrected chi connectivity index (χ0v) is 15.1. The molecule has 0 radical (unpaired) electrons. The minimum Gasteiger partial charge on any atom is -0.494 e. The molecule has 1 aliphatic rings. The number of hydrogen-bond acceptors (Lipinski definition) is 4. The monoisotopic (exact) mass is 355 g/mol. The molecule has 2 rings (SSSR count). The van der Waals surface area contributed by atoms with Crippen molar-refractivity contribution < 1.29 is 27.8 Å². The summed E-state index contributed by atoms with van der Waals surface area (Å²) in [5.41, 5.74) is -0.962. The number of methoxy groups -OCH3 is 1. The average Bonchev–Trinajstić information content (AvgIpc) is 2.48. The van der Waals surface area contributed by atoms with E-state index in [-0.39, 0.29) is 36.0 Å². The second-order valence-electron chi connectivity index (χ2n) is 7.30. The van der Waals surface area contributed by atoms with Crippen LogP contribution in [0, 0.1) is 17.6 Å². The second kappa shape index (κ2) is 6.98. The van der Waals surface area contributed by atoms with Gasteiger partial charge in [0.25, 0.3) is 0 Å². The van der Waals surface area contributed by atoms with Crippen LogP contribution in [-0.2, 0) is 9.53 Å². The van der Waals surface area contributed by atoms with Crippen molar-refractivity contribution in [3.8, 4) is 5.75 Å². The molecule has 1 heterocycles. The Morgan fingerprint density at radius 2 is 1.88 bits per heavy atom. The molecule has 1 fully saturated rings. The van der Waals surface area contributed by atoms with Gasteiger partial charge in [-0.2, -0.15) is 4.39 Å². The number of carbonyl (C=O) groups excluding carboxylic acids is 2. The Morgan fingerprint density at radius 3 is 2.44 bits per heavy atom. The second-order valence-corrected chi connectivity index (χ2v) is 7.30. The third kappa shape index (κ3) is 4.08. The number of Topliss-reactive ketones (excluding diaryl/α,β-unsaturated/α-hetero) is 1. The van der Waals surface area contributed by atoms with E-state index in [9.17, 15) is 18.4 Å². The molecule has 0 saturated carbocycles. The summed E-state index contributed by atoms with van der Waals surface area (Å²) in [5, 5.41) is 0. The highest BCUT2D eigenvalue weighted by Crippen LogP contribution is 2.35. The normalized spacial score (nSPS) is 21.2. The molecular weight excluding hydrogens is 332 g/mol. The van der Waals surface area contributed by atoms with Gasteiger partial charge in [0.2, 0.25) is 5.82 Å². The summed E-state index contributed by atoms with van der Waals surface area (Å²) < 4.78 is 38.6. The lowest BCUT2D eigenvalue weighted by atomic mass is 9.88. The summed E-state index contributed by atoms with van der Waals surface area (Å²) in [6, 6.07) is 1.30. The van der Waals surface area contributed by atoms with Crippen LogP contribution in [0.3, 0.4) is 0 Å². The molecule has 138 valence electrons. The number of carbonyl (C=O) groups is 2. The van der Waals surface area contributed by atoms with Gasteiger partial charge >= 0.3 is 6.09 Å². The molecule has 0 aliphatic carbocycles. The fourth-order valence-electron chi connectivity index (χ4n) is 2.89. The first-order valence-corrected chi connectivity index (χ1v) is 8.09. The van der Waals surface area contributed by atoms with E-state index in [4.69, 9.17) is 9.47 Å². The number of piperidine rings is 1. The molecule has 0 bridgehead atoms. The molecule has 7 heteroatoms. The Hall–Kier alpha value is -2.18. The SMILES string of the molecule is COc1ccc([C@H]2C(=O)C[C@H](C)CN2C(=O)OC(C)(C)C)c(F)c1F. The first-order valence-electron chi connectivity index (χ1n) is 8.09. The summed E-state index contributed by atoms with van der Waals surface area (Å²) >= 11 is 0.